The SMILES string of the molecule is CCCOc1cncc(C(=O)C2C(C)(C)C2(C)C)c1. The van der Waals surface area contributed by atoms with Crippen molar-refractivity contribution in [2.45, 2.75) is 41.0 Å². The maximum atomic E-state index is 12.6. The van der Waals surface area contributed by atoms with E-state index in [9.17, 15) is 4.79 Å². The van der Waals surface area contributed by atoms with Gasteiger partial charge in [0.05, 0.1) is 12.8 Å². The van der Waals surface area contributed by atoms with Crippen LogP contribution in [0.2, 0.25) is 0 Å². The minimum atomic E-state index is 0.0599. The van der Waals surface area contributed by atoms with Crippen molar-refractivity contribution in [3.05, 3.63) is 24.0 Å². The van der Waals surface area contributed by atoms with Crippen LogP contribution in [0.1, 0.15) is 51.4 Å². The van der Waals surface area contributed by atoms with E-state index in [0.29, 0.717) is 17.9 Å². The summed E-state index contributed by atoms with van der Waals surface area (Å²) in [4.78, 5) is 16.7. The first-order valence-corrected chi connectivity index (χ1v) is 6.94. The number of nitrogens with zero attached hydrogens (tertiary/aromatic N) is 1. The molecule has 0 spiro atoms. The Kier molecular flexibility index (Phi) is 3.41. The molecule has 1 heterocycles. The Morgan fingerprint density at radius 1 is 1.26 bits per heavy atom. The molecule has 0 unspecified atom stereocenters. The lowest BCUT2D eigenvalue weighted by Crippen LogP contribution is -2.08. The number of carbonyl (C=O) groups excluding carboxylic acids is 1. The third-order valence-electron chi connectivity index (χ3n) is 4.75. The van der Waals surface area contributed by atoms with E-state index >= 15 is 0 Å². The van der Waals surface area contributed by atoms with Gasteiger partial charge in [-0.05, 0) is 23.3 Å². The molecule has 104 valence electrons. The zero-order chi connectivity index (χ0) is 14.3. The van der Waals surface area contributed by atoms with Crippen molar-refractivity contribution in [2.24, 2.45) is 16.7 Å². The zero-order valence-electron chi connectivity index (χ0n) is 12.5. The molecule has 3 nitrogen and oxygen atoms in total. The number of ether oxygens (including phenoxy) is 1. The highest BCUT2D eigenvalue weighted by Gasteiger charge is 2.67. The van der Waals surface area contributed by atoms with Crippen LogP contribution in [0.5, 0.6) is 5.75 Å². The molecule has 1 aliphatic carbocycles. The molecule has 0 atom stereocenters. The fourth-order valence-electron chi connectivity index (χ4n) is 2.87. The van der Waals surface area contributed by atoms with Gasteiger partial charge in [-0.25, -0.2) is 0 Å². The van der Waals surface area contributed by atoms with Crippen LogP contribution in [-0.4, -0.2) is 17.4 Å². The fourth-order valence-corrected chi connectivity index (χ4v) is 2.87. The number of pyridine rings is 1. The molecule has 0 radical (unpaired) electrons. The summed E-state index contributed by atoms with van der Waals surface area (Å²) in [5.74, 6) is 0.941. The molecule has 1 fully saturated rings. The molecule has 1 aromatic heterocycles. The van der Waals surface area contributed by atoms with Crippen molar-refractivity contribution in [1.82, 2.24) is 4.98 Å². The maximum absolute atomic E-state index is 12.6. The van der Waals surface area contributed by atoms with E-state index in [2.05, 4.69) is 39.6 Å². The van der Waals surface area contributed by atoms with Gasteiger partial charge < -0.3 is 4.74 Å². The Bertz CT molecular complexity index is 477. The summed E-state index contributed by atoms with van der Waals surface area (Å²) in [5, 5.41) is 0. The highest BCUT2D eigenvalue weighted by atomic mass is 16.5. The first-order valence-electron chi connectivity index (χ1n) is 6.94. The van der Waals surface area contributed by atoms with Gasteiger partial charge in [-0.2, -0.15) is 0 Å². The minimum absolute atomic E-state index is 0.0599. The molecule has 3 heteroatoms. The third kappa shape index (κ3) is 2.26. The Morgan fingerprint density at radius 3 is 2.42 bits per heavy atom. The van der Waals surface area contributed by atoms with Gasteiger partial charge in [0.2, 0.25) is 0 Å². The minimum Gasteiger partial charge on any atom is -0.492 e. The molecular formula is C16H23NO2. The molecule has 1 saturated carbocycles. The second-order valence-electron chi connectivity index (χ2n) is 6.50. The quantitative estimate of drug-likeness (QED) is 0.758. The number of aromatic nitrogens is 1. The highest BCUT2D eigenvalue weighted by molar-refractivity contribution is 6.01. The van der Waals surface area contributed by atoms with Gasteiger partial charge in [0.1, 0.15) is 5.75 Å². The van der Waals surface area contributed by atoms with E-state index in [1.165, 1.54) is 0 Å². The lowest BCUT2D eigenvalue weighted by molar-refractivity contribution is 0.0944. The monoisotopic (exact) mass is 261 g/mol. The lowest BCUT2D eigenvalue weighted by Gasteiger charge is -2.06. The van der Waals surface area contributed by atoms with Crippen molar-refractivity contribution in [2.75, 3.05) is 6.61 Å². The Labute approximate surface area is 115 Å². The van der Waals surface area contributed by atoms with Crippen LogP contribution in [0.25, 0.3) is 0 Å². The van der Waals surface area contributed by atoms with Crippen molar-refractivity contribution >= 4 is 5.78 Å². The summed E-state index contributed by atoms with van der Waals surface area (Å²) in [6.07, 6.45) is 4.25. The van der Waals surface area contributed by atoms with Crippen LogP contribution in [-0.2, 0) is 0 Å². The number of Topliss-reactive ketones (excluding diaryl/α,β-unsaturated/α-hetero) is 1. The first kappa shape index (κ1) is 14.0. The lowest BCUT2D eigenvalue weighted by atomic mass is 10.0. The topological polar surface area (TPSA) is 39.2 Å². The molecular weight excluding hydrogens is 238 g/mol. The van der Waals surface area contributed by atoms with E-state index in [1.807, 2.05) is 6.07 Å². The van der Waals surface area contributed by atoms with Crippen LogP contribution in [0.3, 0.4) is 0 Å². The average Bonchev–Trinajstić information content (AvgIpc) is 2.77. The maximum Gasteiger partial charge on any atom is 0.168 e. The summed E-state index contributed by atoms with van der Waals surface area (Å²) < 4.78 is 5.54. The predicted molar refractivity (Wildman–Crippen MR) is 75.4 cm³/mol. The van der Waals surface area contributed by atoms with Crippen LogP contribution in [0.15, 0.2) is 18.5 Å². The number of carbonyl (C=O) groups is 1. The molecule has 0 N–H and O–H groups in total. The highest BCUT2D eigenvalue weighted by Crippen LogP contribution is 2.69. The van der Waals surface area contributed by atoms with Crippen molar-refractivity contribution in [3.8, 4) is 5.75 Å². The summed E-state index contributed by atoms with van der Waals surface area (Å²) in [5.41, 5.74) is 0.784. The summed E-state index contributed by atoms with van der Waals surface area (Å²) in [6.45, 7) is 11.3. The second-order valence-corrected chi connectivity index (χ2v) is 6.50. The molecule has 0 aliphatic heterocycles. The Hall–Kier alpha value is -1.38. The van der Waals surface area contributed by atoms with E-state index in [4.69, 9.17) is 4.74 Å². The number of hydrogen-bond acceptors (Lipinski definition) is 3. The Balaban J connectivity index is 2.17. The van der Waals surface area contributed by atoms with E-state index < -0.39 is 0 Å². The zero-order valence-corrected chi connectivity index (χ0v) is 12.5. The average molecular weight is 261 g/mol. The van der Waals surface area contributed by atoms with Crippen LogP contribution in [0, 0.1) is 16.7 Å². The Morgan fingerprint density at radius 2 is 1.89 bits per heavy atom. The summed E-state index contributed by atoms with van der Waals surface area (Å²) in [6, 6.07) is 1.81. The standard InChI is InChI=1S/C16H23NO2/c1-6-7-19-12-8-11(9-17-10-12)13(18)14-15(2,3)16(14,4)5/h8-10,14H,6-7H2,1-5H3. The van der Waals surface area contributed by atoms with Crippen LogP contribution >= 0.6 is 0 Å². The molecule has 0 aromatic carbocycles. The molecule has 0 saturated heterocycles. The van der Waals surface area contributed by atoms with Gasteiger partial charge in [0.15, 0.2) is 5.78 Å². The van der Waals surface area contributed by atoms with E-state index in [1.54, 1.807) is 12.4 Å². The van der Waals surface area contributed by atoms with Crippen LogP contribution < -0.4 is 4.74 Å². The molecule has 2 rings (SSSR count). The fraction of sp³-hybridized carbons (Fsp3) is 0.625. The molecule has 19 heavy (non-hydrogen) atoms. The van der Waals surface area contributed by atoms with E-state index in [0.717, 1.165) is 6.42 Å². The first-order chi connectivity index (χ1) is 8.82. The molecule has 1 aliphatic rings. The van der Waals surface area contributed by atoms with Crippen LogP contribution in [0.4, 0.5) is 0 Å². The van der Waals surface area contributed by atoms with E-state index in [-0.39, 0.29) is 22.5 Å². The largest absolute Gasteiger partial charge is 0.492 e. The summed E-state index contributed by atoms with van der Waals surface area (Å²) in [7, 11) is 0. The van der Waals surface area contributed by atoms with Gasteiger partial charge in [0, 0.05) is 17.7 Å². The molecule has 0 amide bonds. The van der Waals surface area contributed by atoms with Gasteiger partial charge in [-0.1, -0.05) is 34.6 Å². The number of rotatable bonds is 5. The number of hydrogen-bond donors (Lipinski definition) is 0. The van der Waals surface area contributed by atoms with Gasteiger partial charge in [-0.15, -0.1) is 0 Å². The predicted octanol–water partition coefficient (Wildman–Crippen LogP) is 3.74. The van der Waals surface area contributed by atoms with Crippen molar-refractivity contribution < 1.29 is 9.53 Å². The molecule has 0 bridgehead atoms. The normalized spacial score (nSPS) is 20.1. The van der Waals surface area contributed by atoms with Gasteiger partial charge >= 0.3 is 0 Å². The van der Waals surface area contributed by atoms with Crippen molar-refractivity contribution in [3.63, 3.8) is 0 Å². The molecule has 1 aromatic rings. The van der Waals surface area contributed by atoms with Gasteiger partial charge in [-0.3, -0.25) is 9.78 Å². The van der Waals surface area contributed by atoms with Crippen molar-refractivity contribution in [1.29, 1.82) is 0 Å². The smallest absolute Gasteiger partial charge is 0.168 e. The summed E-state index contributed by atoms with van der Waals surface area (Å²) >= 11 is 0. The third-order valence-corrected chi connectivity index (χ3v) is 4.75. The number of ketones is 1. The second kappa shape index (κ2) is 4.62. The van der Waals surface area contributed by atoms with Gasteiger partial charge in [0.25, 0.3) is 0 Å².